The third-order valence-corrected chi connectivity index (χ3v) is 3.97. The number of likely N-dealkylation sites (tertiary alicyclic amines) is 1. The number of anilines is 1. The summed E-state index contributed by atoms with van der Waals surface area (Å²) in [6.07, 6.45) is 1.06. The van der Waals surface area contributed by atoms with E-state index in [1.165, 1.54) is 0 Å². The summed E-state index contributed by atoms with van der Waals surface area (Å²) in [5, 5.41) is 0. The molecular formula is C15H23N3O. The maximum Gasteiger partial charge on any atom is 0.255 e. The number of para-hydroxylation sites is 1. The van der Waals surface area contributed by atoms with Gasteiger partial charge in [0.1, 0.15) is 0 Å². The van der Waals surface area contributed by atoms with Gasteiger partial charge in [-0.25, -0.2) is 0 Å². The van der Waals surface area contributed by atoms with E-state index in [9.17, 15) is 4.79 Å². The summed E-state index contributed by atoms with van der Waals surface area (Å²) in [7, 11) is 0. The van der Waals surface area contributed by atoms with Gasteiger partial charge in [0.05, 0.1) is 5.56 Å². The molecule has 2 N–H and O–H groups in total. The molecule has 1 heterocycles. The van der Waals surface area contributed by atoms with Crippen LogP contribution in [0.25, 0.3) is 0 Å². The molecule has 4 nitrogen and oxygen atoms in total. The van der Waals surface area contributed by atoms with E-state index in [0.29, 0.717) is 17.3 Å². The Labute approximate surface area is 115 Å². The predicted octanol–water partition coefficient (Wildman–Crippen LogP) is 1.83. The van der Waals surface area contributed by atoms with Crippen LogP contribution in [0.2, 0.25) is 0 Å². The van der Waals surface area contributed by atoms with Crippen LogP contribution < -0.4 is 5.73 Å². The first-order valence-electron chi connectivity index (χ1n) is 7.05. The SMILES string of the molecule is CCN(CC)C1CCN(C(=O)c2ccccc2N)C1. The molecule has 1 aromatic carbocycles. The molecule has 0 aromatic heterocycles. The molecule has 104 valence electrons. The van der Waals surface area contributed by atoms with Crippen LogP contribution in [-0.4, -0.2) is 47.9 Å². The normalized spacial score (nSPS) is 19.1. The minimum Gasteiger partial charge on any atom is -0.398 e. The standard InChI is InChI=1S/C15H23N3O/c1-3-17(4-2)12-9-10-18(11-12)15(19)13-7-5-6-8-14(13)16/h5-8,12H,3-4,9-11,16H2,1-2H3. The van der Waals surface area contributed by atoms with Gasteiger partial charge in [0.25, 0.3) is 5.91 Å². The molecule has 0 aliphatic carbocycles. The maximum absolute atomic E-state index is 12.4. The van der Waals surface area contributed by atoms with E-state index in [1.54, 1.807) is 6.07 Å². The number of carbonyl (C=O) groups is 1. The lowest BCUT2D eigenvalue weighted by molar-refractivity contribution is 0.0779. The molecule has 4 heteroatoms. The molecule has 1 aromatic rings. The molecule has 0 saturated carbocycles. The molecule has 1 unspecified atom stereocenters. The first-order chi connectivity index (χ1) is 9.17. The second-order valence-electron chi connectivity index (χ2n) is 5.00. The number of carbonyl (C=O) groups excluding carboxylic acids is 1. The van der Waals surface area contributed by atoms with E-state index in [0.717, 1.165) is 32.6 Å². The highest BCUT2D eigenvalue weighted by molar-refractivity contribution is 5.99. The van der Waals surface area contributed by atoms with E-state index in [2.05, 4.69) is 18.7 Å². The van der Waals surface area contributed by atoms with E-state index in [-0.39, 0.29) is 5.91 Å². The zero-order chi connectivity index (χ0) is 13.8. The molecule has 1 fully saturated rings. The molecular weight excluding hydrogens is 238 g/mol. The van der Waals surface area contributed by atoms with Crippen molar-refractivity contribution in [1.29, 1.82) is 0 Å². The maximum atomic E-state index is 12.4. The van der Waals surface area contributed by atoms with Crippen LogP contribution in [0.5, 0.6) is 0 Å². The van der Waals surface area contributed by atoms with Gasteiger partial charge < -0.3 is 10.6 Å². The number of hydrogen-bond donors (Lipinski definition) is 1. The van der Waals surface area contributed by atoms with Gasteiger partial charge in [-0.05, 0) is 31.6 Å². The smallest absolute Gasteiger partial charge is 0.255 e. The molecule has 19 heavy (non-hydrogen) atoms. The Hall–Kier alpha value is -1.55. The summed E-state index contributed by atoms with van der Waals surface area (Å²) in [6, 6.07) is 7.80. The van der Waals surface area contributed by atoms with Gasteiger partial charge in [-0.3, -0.25) is 9.69 Å². The molecule has 0 spiro atoms. The highest BCUT2D eigenvalue weighted by Crippen LogP contribution is 2.20. The number of amides is 1. The lowest BCUT2D eigenvalue weighted by Crippen LogP contribution is -2.38. The van der Waals surface area contributed by atoms with E-state index in [1.807, 2.05) is 23.1 Å². The second-order valence-corrected chi connectivity index (χ2v) is 5.00. The number of nitrogens with two attached hydrogens (primary N) is 1. The van der Waals surface area contributed by atoms with Crippen molar-refractivity contribution in [2.75, 3.05) is 31.9 Å². The Morgan fingerprint density at radius 3 is 2.68 bits per heavy atom. The summed E-state index contributed by atoms with van der Waals surface area (Å²) in [6.45, 7) is 8.06. The van der Waals surface area contributed by atoms with Crippen molar-refractivity contribution in [1.82, 2.24) is 9.80 Å². The van der Waals surface area contributed by atoms with E-state index < -0.39 is 0 Å². The van der Waals surface area contributed by atoms with Gasteiger partial charge in [0, 0.05) is 24.8 Å². The number of nitrogen functional groups attached to an aromatic ring is 1. The fraction of sp³-hybridized carbons (Fsp3) is 0.533. The van der Waals surface area contributed by atoms with Crippen LogP contribution in [0, 0.1) is 0 Å². The lowest BCUT2D eigenvalue weighted by Gasteiger charge is -2.26. The van der Waals surface area contributed by atoms with Crippen molar-refractivity contribution in [3.63, 3.8) is 0 Å². The van der Waals surface area contributed by atoms with E-state index in [4.69, 9.17) is 5.73 Å². The van der Waals surface area contributed by atoms with Crippen molar-refractivity contribution in [3.05, 3.63) is 29.8 Å². The predicted molar refractivity (Wildman–Crippen MR) is 78.1 cm³/mol. The number of likely N-dealkylation sites (N-methyl/N-ethyl adjacent to an activating group) is 1. The Bertz CT molecular complexity index is 443. The van der Waals surface area contributed by atoms with Gasteiger partial charge in [-0.15, -0.1) is 0 Å². The summed E-state index contributed by atoms with van der Waals surface area (Å²) in [4.78, 5) is 16.8. The van der Waals surface area contributed by atoms with Crippen molar-refractivity contribution in [3.8, 4) is 0 Å². The topological polar surface area (TPSA) is 49.6 Å². The Kier molecular flexibility index (Phi) is 4.43. The first-order valence-corrected chi connectivity index (χ1v) is 7.05. The summed E-state index contributed by atoms with van der Waals surface area (Å²) >= 11 is 0. The monoisotopic (exact) mass is 261 g/mol. The first kappa shape index (κ1) is 13.9. The third kappa shape index (κ3) is 2.89. The van der Waals surface area contributed by atoms with Gasteiger partial charge in [0.15, 0.2) is 0 Å². The lowest BCUT2D eigenvalue weighted by atomic mass is 10.1. The molecule has 2 rings (SSSR count). The van der Waals surface area contributed by atoms with Crippen molar-refractivity contribution < 1.29 is 4.79 Å². The van der Waals surface area contributed by atoms with Crippen molar-refractivity contribution in [2.45, 2.75) is 26.3 Å². The molecule has 1 aliphatic heterocycles. The molecule has 1 atom stereocenters. The van der Waals surface area contributed by atoms with Crippen LogP contribution in [0.4, 0.5) is 5.69 Å². The molecule has 1 aliphatic rings. The Morgan fingerprint density at radius 2 is 2.05 bits per heavy atom. The van der Waals surface area contributed by atoms with Crippen molar-refractivity contribution >= 4 is 11.6 Å². The van der Waals surface area contributed by atoms with Crippen LogP contribution in [0.15, 0.2) is 24.3 Å². The highest BCUT2D eigenvalue weighted by Gasteiger charge is 2.30. The Morgan fingerprint density at radius 1 is 1.37 bits per heavy atom. The summed E-state index contributed by atoms with van der Waals surface area (Å²) in [5.41, 5.74) is 7.07. The van der Waals surface area contributed by atoms with Gasteiger partial charge >= 0.3 is 0 Å². The zero-order valence-corrected chi connectivity index (χ0v) is 11.8. The van der Waals surface area contributed by atoms with Crippen LogP contribution in [0.3, 0.4) is 0 Å². The van der Waals surface area contributed by atoms with Crippen LogP contribution in [-0.2, 0) is 0 Å². The highest BCUT2D eigenvalue weighted by atomic mass is 16.2. The quantitative estimate of drug-likeness (QED) is 0.841. The van der Waals surface area contributed by atoms with Gasteiger partial charge in [-0.1, -0.05) is 26.0 Å². The number of rotatable bonds is 4. The molecule has 1 saturated heterocycles. The minimum atomic E-state index is 0.0627. The van der Waals surface area contributed by atoms with E-state index >= 15 is 0 Å². The summed E-state index contributed by atoms with van der Waals surface area (Å²) in [5.74, 6) is 0.0627. The third-order valence-electron chi connectivity index (χ3n) is 3.97. The van der Waals surface area contributed by atoms with Crippen LogP contribution >= 0.6 is 0 Å². The Balaban J connectivity index is 2.05. The summed E-state index contributed by atoms with van der Waals surface area (Å²) < 4.78 is 0. The zero-order valence-electron chi connectivity index (χ0n) is 11.8. The average molecular weight is 261 g/mol. The number of benzene rings is 1. The van der Waals surface area contributed by atoms with Crippen molar-refractivity contribution in [2.24, 2.45) is 0 Å². The largest absolute Gasteiger partial charge is 0.398 e. The second kappa shape index (κ2) is 6.06. The number of hydrogen-bond acceptors (Lipinski definition) is 3. The molecule has 0 radical (unpaired) electrons. The fourth-order valence-electron chi connectivity index (χ4n) is 2.83. The van der Waals surface area contributed by atoms with Gasteiger partial charge in [0.2, 0.25) is 0 Å². The molecule has 0 bridgehead atoms. The fourth-order valence-corrected chi connectivity index (χ4v) is 2.83. The minimum absolute atomic E-state index is 0.0627. The molecule has 1 amide bonds. The van der Waals surface area contributed by atoms with Gasteiger partial charge in [-0.2, -0.15) is 0 Å². The van der Waals surface area contributed by atoms with Crippen LogP contribution in [0.1, 0.15) is 30.6 Å². The average Bonchev–Trinajstić information content (AvgIpc) is 2.90. The number of nitrogens with zero attached hydrogens (tertiary/aromatic N) is 2.